The van der Waals surface area contributed by atoms with Gasteiger partial charge < -0.3 is 9.40 Å². The molecule has 2 aromatic carbocycles. The van der Waals surface area contributed by atoms with Gasteiger partial charge in [-0.1, -0.05) is 53.4 Å². The van der Waals surface area contributed by atoms with Crippen LogP contribution in [0.4, 0.5) is 0 Å². The summed E-state index contributed by atoms with van der Waals surface area (Å²) in [5.41, 5.74) is 5.23. The van der Waals surface area contributed by atoms with Gasteiger partial charge >= 0.3 is 0 Å². The molecule has 1 aliphatic carbocycles. The molecule has 0 saturated heterocycles. The van der Waals surface area contributed by atoms with Crippen LogP contribution in [0.25, 0.3) is 0 Å². The fourth-order valence-corrected chi connectivity index (χ4v) is 2.95. The standard InChI is InChI=1S/C24H23N3O/c1-19-15-21(10-9-20-7-8-20)11-12-23(19)24(16-27-14-13-25-18-27)26-28-17-22-5-3-2-4-6-22/h2-6,11-15,18,20H,7-8,16-17H2,1H3. The number of oxime groups is 1. The van der Waals surface area contributed by atoms with E-state index < -0.39 is 0 Å². The van der Waals surface area contributed by atoms with Crippen LogP contribution in [0.5, 0.6) is 0 Å². The maximum absolute atomic E-state index is 5.68. The van der Waals surface area contributed by atoms with Crippen LogP contribution in [0.1, 0.15) is 35.1 Å². The van der Waals surface area contributed by atoms with E-state index in [2.05, 4.69) is 47.1 Å². The minimum Gasteiger partial charge on any atom is -0.391 e. The molecule has 0 amide bonds. The summed E-state index contributed by atoms with van der Waals surface area (Å²) < 4.78 is 1.99. The molecule has 1 saturated carbocycles. The second-order valence-corrected chi connectivity index (χ2v) is 7.11. The van der Waals surface area contributed by atoms with Crippen LogP contribution in [0, 0.1) is 24.7 Å². The molecule has 4 rings (SSSR count). The number of benzene rings is 2. The molecule has 1 fully saturated rings. The van der Waals surface area contributed by atoms with E-state index in [0.29, 0.717) is 19.1 Å². The lowest BCUT2D eigenvalue weighted by Crippen LogP contribution is -2.13. The van der Waals surface area contributed by atoms with Gasteiger partial charge in [-0.2, -0.15) is 0 Å². The van der Waals surface area contributed by atoms with Gasteiger partial charge in [0, 0.05) is 29.4 Å². The van der Waals surface area contributed by atoms with Crippen LogP contribution in [0.2, 0.25) is 0 Å². The highest BCUT2D eigenvalue weighted by atomic mass is 16.6. The zero-order chi connectivity index (χ0) is 19.2. The predicted octanol–water partition coefficient (Wildman–Crippen LogP) is 4.57. The van der Waals surface area contributed by atoms with Crippen LogP contribution in [-0.4, -0.2) is 15.3 Å². The van der Waals surface area contributed by atoms with E-state index in [1.165, 1.54) is 12.8 Å². The number of aromatic nitrogens is 2. The fraction of sp³-hybridized carbons (Fsp3) is 0.250. The molecule has 1 aliphatic rings. The quantitative estimate of drug-likeness (QED) is 0.363. The molecule has 1 aromatic heterocycles. The van der Waals surface area contributed by atoms with Gasteiger partial charge in [0.25, 0.3) is 0 Å². The Morgan fingerprint density at radius 2 is 2.07 bits per heavy atom. The first kappa shape index (κ1) is 18.1. The predicted molar refractivity (Wildman–Crippen MR) is 111 cm³/mol. The summed E-state index contributed by atoms with van der Waals surface area (Å²) in [5, 5.41) is 4.47. The van der Waals surface area contributed by atoms with Gasteiger partial charge in [0.15, 0.2) is 0 Å². The Bertz CT molecular complexity index is 1010. The molecule has 4 nitrogen and oxygen atoms in total. The molecule has 0 bridgehead atoms. The zero-order valence-corrected chi connectivity index (χ0v) is 16.0. The van der Waals surface area contributed by atoms with Gasteiger partial charge in [-0.3, -0.25) is 0 Å². The van der Waals surface area contributed by atoms with Crippen molar-refractivity contribution in [1.29, 1.82) is 0 Å². The second kappa shape index (κ2) is 8.58. The minimum absolute atomic E-state index is 0.443. The molecular weight excluding hydrogens is 346 g/mol. The van der Waals surface area contributed by atoms with Crippen molar-refractivity contribution in [3.8, 4) is 11.8 Å². The van der Waals surface area contributed by atoms with Gasteiger partial charge in [0.05, 0.1) is 12.9 Å². The van der Waals surface area contributed by atoms with Crippen molar-refractivity contribution in [2.45, 2.75) is 32.9 Å². The third kappa shape index (κ3) is 4.89. The van der Waals surface area contributed by atoms with Crippen molar-refractivity contribution in [3.63, 3.8) is 0 Å². The minimum atomic E-state index is 0.443. The highest BCUT2D eigenvalue weighted by Gasteiger charge is 2.17. The van der Waals surface area contributed by atoms with E-state index in [9.17, 15) is 0 Å². The van der Waals surface area contributed by atoms with E-state index in [0.717, 1.165) is 28.0 Å². The lowest BCUT2D eigenvalue weighted by Gasteiger charge is -2.11. The van der Waals surface area contributed by atoms with Crippen molar-refractivity contribution in [2.75, 3.05) is 0 Å². The third-order valence-electron chi connectivity index (χ3n) is 4.68. The average molecular weight is 369 g/mol. The normalized spacial score (nSPS) is 13.7. The van der Waals surface area contributed by atoms with E-state index >= 15 is 0 Å². The fourth-order valence-electron chi connectivity index (χ4n) is 2.95. The molecule has 0 unspecified atom stereocenters. The average Bonchev–Trinajstić information content (AvgIpc) is 3.41. The lowest BCUT2D eigenvalue weighted by molar-refractivity contribution is 0.130. The molecule has 140 valence electrons. The molecule has 0 spiro atoms. The Morgan fingerprint density at radius 1 is 1.21 bits per heavy atom. The number of imidazole rings is 1. The summed E-state index contributed by atoms with van der Waals surface area (Å²) in [5.74, 6) is 7.21. The monoisotopic (exact) mass is 369 g/mol. The van der Waals surface area contributed by atoms with Crippen LogP contribution >= 0.6 is 0 Å². The maximum Gasteiger partial charge on any atom is 0.142 e. The van der Waals surface area contributed by atoms with Crippen molar-refractivity contribution in [2.24, 2.45) is 11.1 Å². The van der Waals surface area contributed by atoms with Crippen LogP contribution in [0.3, 0.4) is 0 Å². The Labute approximate surface area is 165 Å². The summed E-state index contributed by atoms with van der Waals surface area (Å²) >= 11 is 0. The summed E-state index contributed by atoms with van der Waals surface area (Å²) in [7, 11) is 0. The largest absolute Gasteiger partial charge is 0.391 e. The molecule has 3 aromatic rings. The van der Waals surface area contributed by atoms with E-state index in [-0.39, 0.29) is 0 Å². The number of hydrogen-bond acceptors (Lipinski definition) is 3. The second-order valence-electron chi connectivity index (χ2n) is 7.11. The smallest absolute Gasteiger partial charge is 0.142 e. The Morgan fingerprint density at radius 3 is 2.79 bits per heavy atom. The molecule has 28 heavy (non-hydrogen) atoms. The molecule has 0 aliphatic heterocycles. The van der Waals surface area contributed by atoms with Gasteiger partial charge in [0.2, 0.25) is 0 Å². The maximum atomic E-state index is 5.68. The van der Waals surface area contributed by atoms with Crippen molar-refractivity contribution < 1.29 is 4.84 Å². The van der Waals surface area contributed by atoms with Gasteiger partial charge in [-0.25, -0.2) is 4.98 Å². The first-order chi connectivity index (χ1) is 13.8. The van der Waals surface area contributed by atoms with Crippen LogP contribution in [0.15, 0.2) is 72.4 Å². The lowest BCUT2D eigenvalue weighted by atomic mass is 10.0. The summed E-state index contributed by atoms with van der Waals surface area (Å²) in [4.78, 5) is 9.81. The highest BCUT2D eigenvalue weighted by molar-refractivity contribution is 6.01. The summed E-state index contributed by atoms with van der Waals surface area (Å²) in [6.07, 6.45) is 7.97. The topological polar surface area (TPSA) is 39.4 Å². The van der Waals surface area contributed by atoms with Crippen molar-refractivity contribution in [1.82, 2.24) is 9.55 Å². The number of hydrogen-bond donors (Lipinski definition) is 0. The molecular formula is C24H23N3O. The van der Waals surface area contributed by atoms with Crippen molar-refractivity contribution in [3.05, 3.63) is 89.5 Å². The first-order valence-electron chi connectivity index (χ1n) is 9.59. The van der Waals surface area contributed by atoms with Crippen molar-refractivity contribution >= 4 is 5.71 Å². The summed E-state index contributed by atoms with van der Waals surface area (Å²) in [6, 6.07) is 16.3. The SMILES string of the molecule is Cc1cc(C#CC2CC2)ccc1C(Cn1ccnc1)=NOCc1ccccc1. The van der Waals surface area contributed by atoms with E-state index in [4.69, 9.17) is 4.84 Å². The Balaban J connectivity index is 1.55. The number of aryl methyl sites for hydroxylation is 1. The third-order valence-corrected chi connectivity index (χ3v) is 4.68. The molecule has 0 atom stereocenters. The summed E-state index contributed by atoms with van der Waals surface area (Å²) in [6.45, 7) is 3.14. The molecule has 4 heteroatoms. The Kier molecular flexibility index (Phi) is 5.53. The van der Waals surface area contributed by atoms with Gasteiger partial charge in [0.1, 0.15) is 12.3 Å². The molecule has 0 radical (unpaired) electrons. The number of rotatable bonds is 6. The van der Waals surface area contributed by atoms with E-state index in [1.54, 1.807) is 12.5 Å². The Hall–Kier alpha value is -3.32. The zero-order valence-electron chi connectivity index (χ0n) is 16.0. The number of nitrogens with zero attached hydrogens (tertiary/aromatic N) is 3. The van der Waals surface area contributed by atoms with Crippen LogP contribution < -0.4 is 0 Å². The van der Waals surface area contributed by atoms with E-state index in [1.807, 2.05) is 41.1 Å². The first-order valence-corrected chi connectivity index (χ1v) is 9.59. The van der Waals surface area contributed by atoms with Gasteiger partial charge in [-0.15, -0.1) is 0 Å². The highest BCUT2D eigenvalue weighted by Crippen LogP contribution is 2.27. The molecule has 0 N–H and O–H groups in total. The molecule has 1 heterocycles. The van der Waals surface area contributed by atoms with Gasteiger partial charge in [-0.05, 0) is 43.0 Å². The van der Waals surface area contributed by atoms with Crippen LogP contribution in [-0.2, 0) is 18.0 Å².